The van der Waals surface area contributed by atoms with Gasteiger partial charge in [0.25, 0.3) is 0 Å². The third kappa shape index (κ3) is 5.87. The standard InChI is InChI=1S/C24H28N4O2/c1-2-30-22-6-4-3-5-21(22)23(24(25)29)28-16-12-19-11-15-27-17-20(19)8-7-18-9-13-26-14-10-18/h3-6,9-11,13-15,17,23,28H,2,7-8,12,16H2,1H3,(H2,25,29). The van der Waals surface area contributed by atoms with E-state index >= 15 is 0 Å². The number of para-hydroxylation sites is 1. The van der Waals surface area contributed by atoms with Crippen LogP contribution in [0.15, 0.2) is 67.3 Å². The van der Waals surface area contributed by atoms with Gasteiger partial charge in [0.2, 0.25) is 5.91 Å². The van der Waals surface area contributed by atoms with Crippen LogP contribution in [0.5, 0.6) is 5.75 Å². The fourth-order valence-electron chi connectivity index (χ4n) is 3.47. The van der Waals surface area contributed by atoms with Crippen molar-refractivity contribution in [3.8, 4) is 5.75 Å². The van der Waals surface area contributed by atoms with E-state index in [0.29, 0.717) is 18.9 Å². The van der Waals surface area contributed by atoms with E-state index in [1.54, 1.807) is 6.20 Å². The lowest BCUT2D eigenvalue weighted by molar-refractivity contribution is -0.120. The van der Waals surface area contributed by atoms with Gasteiger partial charge in [-0.15, -0.1) is 0 Å². The second kappa shape index (κ2) is 11.1. The summed E-state index contributed by atoms with van der Waals surface area (Å²) in [5.41, 5.74) is 10.1. The number of pyridine rings is 2. The monoisotopic (exact) mass is 404 g/mol. The van der Waals surface area contributed by atoms with Crippen LogP contribution in [0, 0.1) is 0 Å². The normalized spacial score (nSPS) is 11.8. The van der Waals surface area contributed by atoms with Gasteiger partial charge in [-0.3, -0.25) is 14.8 Å². The molecule has 0 aliphatic carbocycles. The molecule has 0 saturated heterocycles. The van der Waals surface area contributed by atoms with Gasteiger partial charge in [0.05, 0.1) is 6.61 Å². The number of benzene rings is 1. The molecule has 3 N–H and O–H groups in total. The molecule has 0 bridgehead atoms. The number of amides is 1. The molecule has 6 heteroatoms. The summed E-state index contributed by atoms with van der Waals surface area (Å²) in [5, 5.41) is 3.30. The molecule has 1 aromatic carbocycles. The fourth-order valence-corrected chi connectivity index (χ4v) is 3.47. The lowest BCUT2D eigenvalue weighted by Crippen LogP contribution is -2.35. The zero-order valence-corrected chi connectivity index (χ0v) is 17.3. The van der Waals surface area contributed by atoms with Crippen LogP contribution in [-0.4, -0.2) is 29.0 Å². The second-order valence-electron chi connectivity index (χ2n) is 7.01. The molecule has 1 atom stereocenters. The molecule has 2 heterocycles. The minimum atomic E-state index is -0.602. The van der Waals surface area contributed by atoms with E-state index in [-0.39, 0.29) is 0 Å². The maximum atomic E-state index is 12.1. The number of carbonyl (C=O) groups excluding carboxylic acids is 1. The van der Waals surface area contributed by atoms with Crippen LogP contribution >= 0.6 is 0 Å². The van der Waals surface area contributed by atoms with Crippen LogP contribution in [0.1, 0.15) is 35.2 Å². The van der Waals surface area contributed by atoms with Crippen molar-refractivity contribution in [1.82, 2.24) is 15.3 Å². The molecule has 1 amide bonds. The Kier molecular flexibility index (Phi) is 7.92. The van der Waals surface area contributed by atoms with Crippen LogP contribution in [0.4, 0.5) is 0 Å². The second-order valence-corrected chi connectivity index (χ2v) is 7.01. The van der Waals surface area contributed by atoms with Gasteiger partial charge in [-0.2, -0.15) is 0 Å². The van der Waals surface area contributed by atoms with Crippen molar-refractivity contribution in [3.63, 3.8) is 0 Å². The van der Waals surface area contributed by atoms with Crippen molar-refractivity contribution in [2.24, 2.45) is 5.73 Å². The maximum Gasteiger partial charge on any atom is 0.239 e. The first kappa shape index (κ1) is 21.5. The third-order valence-electron chi connectivity index (χ3n) is 4.99. The molecule has 0 spiro atoms. The lowest BCUT2D eigenvalue weighted by atomic mass is 10.00. The van der Waals surface area contributed by atoms with E-state index < -0.39 is 11.9 Å². The van der Waals surface area contributed by atoms with Gasteiger partial charge < -0.3 is 15.8 Å². The van der Waals surface area contributed by atoms with Gasteiger partial charge in [-0.1, -0.05) is 18.2 Å². The minimum absolute atomic E-state index is 0.421. The van der Waals surface area contributed by atoms with Gasteiger partial charge in [0.15, 0.2) is 0 Å². The number of hydrogen-bond donors (Lipinski definition) is 2. The van der Waals surface area contributed by atoms with Crippen molar-refractivity contribution in [3.05, 3.63) is 89.5 Å². The molecule has 6 nitrogen and oxygen atoms in total. The number of nitrogens with one attached hydrogen (secondary N) is 1. The maximum absolute atomic E-state index is 12.1. The highest BCUT2D eigenvalue weighted by Gasteiger charge is 2.21. The van der Waals surface area contributed by atoms with Crippen molar-refractivity contribution in [2.45, 2.75) is 32.2 Å². The average molecular weight is 405 g/mol. The van der Waals surface area contributed by atoms with Crippen molar-refractivity contribution >= 4 is 5.91 Å². The summed E-state index contributed by atoms with van der Waals surface area (Å²) in [6.07, 6.45) is 9.96. The van der Waals surface area contributed by atoms with Gasteiger partial charge in [-0.05, 0) is 67.1 Å². The number of aromatic nitrogens is 2. The van der Waals surface area contributed by atoms with Crippen LogP contribution in [0.25, 0.3) is 0 Å². The van der Waals surface area contributed by atoms with Gasteiger partial charge in [-0.25, -0.2) is 0 Å². The summed E-state index contributed by atoms with van der Waals surface area (Å²) in [6.45, 7) is 3.06. The molecule has 3 rings (SSSR count). The van der Waals surface area contributed by atoms with Crippen LogP contribution in [0.2, 0.25) is 0 Å². The molecule has 3 aromatic rings. The highest BCUT2D eigenvalue weighted by molar-refractivity contribution is 5.82. The van der Waals surface area contributed by atoms with E-state index in [0.717, 1.165) is 24.8 Å². The summed E-state index contributed by atoms with van der Waals surface area (Å²) in [5.74, 6) is 0.257. The molecule has 1 unspecified atom stereocenters. The number of aryl methyl sites for hydroxylation is 2. The number of rotatable bonds is 11. The highest BCUT2D eigenvalue weighted by Crippen LogP contribution is 2.25. The zero-order chi connectivity index (χ0) is 21.2. The molecule has 156 valence electrons. The number of hydrogen-bond acceptors (Lipinski definition) is 5. The summed E-state index contributed by atoms with van der Waals surface area (Å²) >= 11 is 0. The molecule has 30 heavy (non-hydrogen) atoms. The summed E-state index contributed by atoms with van der Waals surface area (Å²) < 4.78 is 5.67. The van der Waals surface area contributed by atoms with E-state index in [9.17, 15) is 4.79 Å². The van der Waals surface area contributed by atoms with Crippen LogP contribution in [0.3, 0.4) is 0 Å². The smallest absolute Gasteiger partial charge is 0.239 e. The Morgan fingerprint density at radius 2 is 1.77 bits per heavy atom. The van der Waals surface area contributed by atoms with Crippen LogP contribution in [-0.2, 0) is 24.1 Å². The Balaban J connectivity index is 1.64. The molecular formula is C24H28N4O2. The first-order valence-electron chi connectivity index (χ1n) is 10.2. The molecule has 0 fully saturated rings. The predicted octanol–water partition coefficient (Wildman–Crippen LogP) is 3.02. The van der Waals surface area contributed by atoms with E-state index in [1.165, 1.54) is 16.7 Å². The number of nitrogens with two attached hydrogens (primary N) is 1. The highest BCUT2D eigenvalue weighted by atomic mass is 16.5. The molecule has 2 aromatic heterocycles. The number of primary amides is 1. The predicted molar refractivity (Wildman–Crippen MR) is 117 cm³/mol. The molecule has 0 aliphatic heterocycles. The van der Waals surface area contributed by atoms with Crippen molar-refractivity contribution in [1.29, 1.82) is 0 Å². The lowest BCUT2D eigenvalue weighted by Gasteiger charge is -2.19. The van der Waals surface area contributed by atoms with Crippen molar-refractivity contribution in [2.75, 3.05) is 13.2 Å². The van der Waals surface area contributed by atoms with E-state index in [1.807, 2.05) is 68.0 Å². The Morgan fingerprint density at radius 3 is 2.53 bits per heavy atom. The first-order valence-corrected chi connectivity index (χ1v) is 10.2. The zero-order valence-electron chi connectivity index (χ0n) is 17.3. The van der Waals surface area contributed by atoms with Gasteiger partial charge in [0, 0.05) is 36.9 Å². The van der Waals surface area contributed by atoms with Crippen molar-refractivity contribution < 1.29 is 9.53 Å². The Bertz CT molecular complexity index is 947. The molecular weight excluding hydrogens is 376 g/mol. The molecule has 0 radical (unpaired) electrons. The molecule has 0 saturated carbocycles. The summed E-state index contributed by atoms with van der Waals surface area (Å²) in [4.78, 5) is 20.5. The number of nitrogens with zero attached hydrogens (tertiary/aromatic N) is 2. The number of carbonyl (C=O) groups is 1. The van der Waals surface area contributed by atoms with E-state index in [4.69, 9.17) is 10.5 Å². The average Bonchev–Trinajstić information content (AvgIpc) is 2.77. The SMILES string of the molecule is CCOc1ccccc1C(NCCc1ccncc1CCc1ccncc1)C(N)=O. The molecule has 0 aliphatic rings. The van der Waals surface area contributed by atoms with Gasteiger partial charge in [0.1, 0.15) is 11.8 Å². The van der Waals surface area contributed by atoms with Crippen LogP contribution < -0.4 is 15.8 Å². The quantitative estimate of drug-likeness (QED) is 0.513. The Hall–Kier alpha value is -3.25. The Labute approximate surface area is 177 Å². The number of ether oxygens (including phenoxy) is 1. The topological polar surface area (TPSA) is 90.1 Å². The minimum Gasteiger partial charge on any atom is -0.494 e. The third-order valence-corrected chi connectivity index (χ3v) is 4.99. The Morgan fingerprint density at radius 1 is 1.00 bits per heavy atom. The fraction of sp³-hybridized carbons (Fsp3) is 0.292. The van der Waals surface area contributed by atoms with Gasteiger partial charge >= 0.3 is 0 Å². The first-order chi connectivity index (χ1) is 14.7. The summed E-state index contributed by atoms with van der Waals surface area (Å²) in [7, 11) is 0. The summed E-state index contributed by atoms with van der Waals surface area (Å²) in [6, 6.07) is 13.0. The largest absolute Gasteiger partial charge is 0.494 e. The van der Waals surface area contributed by atoms with E-state index in [2.05, 4.69) is 15.3 Å².